The van der Waals surface area contributed by atoms with Crippen molar-refractivity contribution in [3.63, 3.8) is 0 Å². The van der Waals surface area contributed by atoms with Crippen molar-refractivity contribution in [1.29, 1.82) is 0 Å². The lowest BCUT2D eigenvalue weighted by Gasteiger charge is -2.08. The summed E-state index contributed by atoms with van der Waals surface area (Å²) in [4.78, 5) is 15.5. The van der Waals surface area contributed by atoms with Crippen LogP contribution >= 0.6 is 0 Å². The molecule has 0 saturated heterocycles. The number of oxazole rings is 1. The second kappa shape index (κ2) is 7.47. The van der Waals surface area contributed by atoms with E-state index < -0.39 is 0 Å². The third kappa shape index (κ3) is 4.95. The highest BCUT2D eigenvalue weighted by Gasteiger charge is 2.07. The molecule has 0 aliphatic rings. The van der Waals surface area contributed by atoms with Gasteiger partial charge in [-0.15, -0.1) is 0 Å². The Morgan fingerprint density at radius 2 is 2.10 bits per heavy atom. The van der Waals surface area contributed by atoms with Crippen LogP contribution in [0.3, 0.4) is 0 Å². The third-order valence-corrected chi connectivity index (χ3v) is 2.90. The lowest BCUT2D eigenvalue weighted by atomic mass is 10.2. The van der Waals surface area contributed by atoms with Crippen LogP contribution in [0.5, 0.6) is 5.75 Å². The summed E-state index contributed by atoms with van der Waals surface area (Å²) in [5.41, 5.74) is 1.08. The average Bonchev–Trinajstić information content (AvgIpc) is 2.89. The highest BCUT2D eigenvalue weighted by atomic mass is 16.5. The average molecular weight is 289 g/mol. The van der Waals surface area contributed by atoms with Gasteiger partial charge < -0.3 is 13.9 Å². The number of carbonyl (C=O) groups excluding carboxylic acids is 1. The van der Waals surface area contributed by atoms with Crippen molar-refractivity contribution < 1.29 is 18.7 Å². The van der Waals surface area contributed by atoms with Crippen LogP contribution in [0.1, 0.15) is 30.1 Å². The molecule has 1 aromatic carbocycles. The van der Waals surface area contributed by atoms with E-state index in [9.17, 15) is 4.79 Å². The lowest BCUT2D eigenvalue weighted by Crippen LogP contribution is -2.07. The zero-order chi connectivity index (χ0) is 15.1. The first-order valence-corrected chi connectivity index (χ1v) is 6.90. The molecular formula is C16H19NO4. The number of hydrogen-bond donors (Lipinski definition) is 0. The number of carbonyl (C=O) groups is 1. The molecule has 0 aliphatic carbocycles. The number of ether oxygens (including phenoxy) is 2. The molecule has 5 heteroatoms. The Bertz CT molecular complexity index is 591. The van der Waals surface area contributed by atoms with Crippen LogP contribution in [0.25, 0.3) is 0 Å². The van der Waals surface area contributed by atoms with Gasteiger partial charge in [-0.2, -0.15) is 0 Å². The maximum atomic E-state index is 11.6. The van der Waals surface area contributed by atoms with E-state index in [-0.39, 0.29) is 12.6 Å². The van der Waals surface area contributed by atoms with Gasteiger partial charge >= 0.3 is 5.97 Å². The maximum absolute atomic E-state index is 11.6. The zero-order valence-corrected chi connectivity index (χ0v) is 12.3. The predicted molar refractivity (Wildman–Crippen MR) is 76.9 cm³/mol. The van der Waals surface area contributed by atoms with Crippen molar-refractivity contribution in [3.05, 3.63) is 47.7 Å². The van der Waals surface area contributed by atoms with Crippen molar-refractivity contribution >= 4 is 5.97 Å². The van der Waals surface area contributed by atoms with Crippen LogP contribution in [0, 0.1) is 13.8 Å². The number of esters is 1. The molecule has 1 heterocycles. The van der Waals surface area contributed by atoms with Gasteiger partial charge in [0, 0.05) is 6.42 Å². The second-order valence-electron chi connectivity index (χ2n) is 4.74. The zero-order valence-electron chi connectivity index (χ0n) is 12.3. The fourth-order valence-electron chi connectivity index (χ4n) is 1.80. The van der Waals surface area contributed by atoms with E-state index in [2.05, 4.69) is 4.98 Å². The maximum Gasteiger partial charge on any atom is 0.306 e. The van der Waals surface area contributed by atoms with Crippen molar-refractivity contribution in [2.24, 2.45) is 0 Å². The standard InChI is InChI=1S/C16H19NO4/c1-12-6-3-4-7-14(12)19-9-5-8-16(18)20-11-15-17-10-13(2)21-15/h3-4,6-7,10H,5,8-9,11H2,1-2H3. The van der Waals surface area contributed by atoms with Crippen LogP contribution in [-0.2, 0) is 16.1 Å². The molecular weight excluding hydrogens is 270 g/mol. The summed E-state index contributed by atoms with van der Waals surface area (Å²) < 4.78 is 15.9. The molecule has 2 aromatic rings. The number of hydrogen-bond acceptors (Lipinski definition) is 5. The quantitative estimate of drug-likeness (QED) is 0.578. The minimum Gasteiger partial charge on any atom is -0.493 e. The summed E-state index contributed by atoms with van der Waals surface area (Å²) >= 11 is 0. The highest BCUT2D eigenvalue weighted by molar-refractivity contribution is 5.69. The van der Waals surface area contributed by atoms with E-state index in [4.69, 9.17) is 13.9 Å². The molecule has 0 radical (unpaired) electrons. The molecule has 1 aromatic heterocycles. The topological polar surface area (TPSA) is 61.6 Å². The van der Waals surface area contributed by atoms with Gasteiger partial charge in [-0.3, -0.25) is 4.79 Å². The Balaban J connectivity index is 1.62. The first kappa shape index (κ1) is 15.1. The molecule has 2 rings (SSSR count). The van der Waals surface area contributed by atoms with Crippen molar-refractivity contribution in [3.8, 4) is 5.75 Å². The van der Waals surface area contributed by atoms with Crippen molar-refractivity contribution in [2.45, 2.75) is 33.3 Å². The number of benzene rings is 1. The summed E-state index contributed by atoms with van der Waals surface area (Å²) in [6, 6.07) is 7.79. The fraction of sp³-hybridized carbons (Fsp3) is 0.375. The molecule has 21 heavy (non-hydrogen) atoms. The minimum atomic E-state index is -0.278. The number of para-hydroxylation sites is 1. The Labute approximate surface area is 123 Å². The molecule has 0 amide bonds. The van der Waals surface area contributed by atoms with E-state index >= 15 is 0 Å². The van der Waals surface area contributed by atoms with Gasteiger partial charge in [0.2, 0.25) is 5.89 Å². The Kier molecular flexibility index (Phi) is 5.37. The van der Waals surface area contributed by atoms with Crippen molar-refractivity contribution in [1.82, 2.24) is 4.98 Å². The van der Waals surface area contributed by atoms with E-state index in [1.807, 2.05) is 31.2 Å². The summed E-state index contributed by atoms with van der Waals surface area (Å²) in [7, 11) is 0. The van der Waals surface area contributed by atoms with Crippen LogP contribution in [-0.4, -0.2) is 17.6 Å². The Morgan fingerprint density at radius 1 is 1.29 bits per heavy atom. The summed E-state index contributed by atoms with van der Waals surface area (Å²) in [6.07, 6.45) is 2.52. The lowest BCUT2D eigenvalue weighted by molar-refractivity contribution is -0.145. The SMILES string of the molecule is Cc1cnc(COC(=O)CCCOc2ccccc2C)o1. The van der Waals surface area contributed by atoms with Crippen LogP contribution < -0.4 is 4.74 Å². The number of aromatic nitrogens is 1. The van der Waals surface area contributed by atoms with Crippen LogP contribution in [0.15, 0.2) is 34.9 Å². The van der Waals surface area contributed by atoms with E-state index in [0.29, 0.717) is 31.1 Å². The molecule has 0 fully saturated rings. The van der Waals surface area contributed by atoms with E-state index in [0.717, 1.165) is 11.3 Å². The third-order valence-electron chi connectivity index (χ3n) is 2.90. The van der Waals surface area contributed by atoms with Gasteiger partial charge in [0.05, 0.1) is 12.8 Å². The van der Waals surface area contributed by atoms with E-state index in [1.165, 1.54) is 0 Å². The molecule has 0 N–H and O–H groups in total. The smallest absolute Gasteiger partial charge is 0.306 e. The molecule has 0 unspecified atom stereocenters. The first-order valence-electron chi connectivity index (χ1n) is 6.90. The van der Waals surface area contributed by atoms with Gasteiger partial charge in [0.15, 0.2) is 6.61 Å². The number of aryl methyl sites for hydroxylation is 2. The Morgan fingerprint density at radius 3 is 2.81 bits per heavy atom. The second-order valence-corrected chi connectivity index (χ2v) is 4.74. The summed E-state index contributed by atoms with van der Waals surface area (Å²) in [5.74, 6) is 1.69. The highest BCUT2D eigenvalue weighted by Crippen LogP contribution is 2.16. The normalized spacial score (nSPS) is 10.4. The van der Waals surface area contributed by atoms with Gasteiger partial charge in [0.1, 0.15) is 11.5 Å². The van der Waals surface area contributed by atoms with Gasteiger partial charge in [-0.25, -0.2) is 4.98 Å². The van der Waals surface area contributed by atoms with Gasteiger partial charge in [-0.1, -0.05) is 18.2 Å². The van der Waals surface area contributed by atoms with E-state index in [1.54, 1.807) is 13.1 Å². The summed E-state index contributed by atoms with van der Waals surface area (Å²) in [6.45, 7) is 4.34. The fourth-order valence-corrected chi connectivity index (χ4v) is 1.80. The van der Waals surface area contributed by atoms with Crippen molar-refractivity contribution in [2.75, 3.05) is 6.61 Å². The van der Waals surface area contributed by atoms with Gasteiger partial charge in [-0.05, 0) is 31.9 Å². The van der Waals surface area contributed by atoms with Crippen LogP contribution in [0.2, 0.25) is 0 Å². The minimum absolute atomic E-state index is 0.0747. The number of rotatable bonds is 7. The largest absolute Gasteiger partial charge is 0.493 e. The monoisotopic (exact) mass is 289 g/mol. The molecule has 5 nitrogen and oxygen atoms in total. The van der Waals surface area contributed by atoms with Crippen LogP contribution in [0.4, 0.5) is 0 Å². The summed E-state index contributed by atoms with van der Waals surface area (Å²) in [5, 5.41) is 0. The van der Waals surface area contributed by atoms with Gasteiger partial charge in [0.25, 0.3) is 0 Å². The Hall–Kier alpha value is -2.30. The molecule has 112 valence electrons. The molecule has 0 saturated carbocycles. The first-order chi connectivity index (χ1) is 10.1. The molecule has 0 atom stereocenters. The molecule has 0 aliphatic heterocycles. The molecule has 0 spiro atoms. The molecule has 0 bridgehead atoms. The number of nitrogens with zero attached hydrogens (tertiary/aromatic N) is 1. The predicted octanol–water partition coefficient (Wildman–Crippen LogP) is 3.19.